The molecular weight excluding hydrogens is 396 g/mol. The Labute approximate surface area is 166 Å². The highest BCUT2D eigenvalue weighted by atomic mass is 35.5. The van der Waals surface area contributed by atoms with Crippen LogP contribution in [0.15, 0.2) is 18.2 Å². The van der Waals surface area contributed by atoms with Gasteiger partial charge in [0, 0.05) is 24.7 Å². The van der Waals surface area contributed by atoms with Gasteiger partial charge in [-0.15, -0.1) is 15.9 Å². The predicted octanol–water partition coefficient (Wildman–Crippen LogP) is 1.97. The van der Waals surface area contributed by atoms with Crippen molar-refractivity contribution in [2.45, 2.75) is 33.6 Å². The Bertz CT molecular complexity index is 649. The average molecular weight is 425 g/mol. The lowest BCUT2D eigenvalue weighted by Gasteiger charge is -2.19. The number of aliphatic hydroxyl groups excluding tert-OH is 1. The molecule has 0 aliphatic carbocycles. The average Bonchev–Trinajstić information content (AvgIpc) is 2.62. The van der Waals surface area contributed by atoms with E-state index in [9.17, 15) is 13.2 Å². The van der Waals surface area contributed by atoms with E-state index >= 15 is 0 Å². The molecule has 0 spiro atoms. The number of nitrogen functional groups attached to an aromatic ring is 1. The van der Waals surface area contributed by atoms with E-state index in [1.54, 1.807) is 0 Å². The van der Waals surface area contributed by atoms with Gasteiger partial charge in [-0.05, 0) is 31.4 Å². The summed E-state index contributed by atoms with van der Waals surface area (Å²) in [5.74, 6) is -1.21. The molecule has 1 aromatic rings. The Morgan fingerprint density at radius 1 is 1.30 bits per heavy atom. The Morgan fingerprint density at radius 3 is 2.33 bits per heavy atom. The van der Waals surface area contributed by atoms with E-state index in [-0.39, 0.29) is 19.2 Å². The fourth-order valence-corrected chi connectivity index (χ4v) is 2.99. The van der Waals surface area contributed by atoms with Crippen molar-refractivity contribution in [2.24, 2.45) is 0 Å². The number of anilines is 1. The lowest BCUT2D eigenvalue weighted by molar-refractivity contribution is -0.137. The van der Waals surface area contributed by atoms with E-state index < -0.39 is 22.9 Å². The molecule has 8 nitrogen and oxygen atoms in total. The Balaban J connectivity index is 0.000000621. The predicted molar refractivity (Wildman–Crippen MR) is 106 cm³/mol. The van der Waals surface area contributed by atoms with Crippen LogP contribution in [0, 0.1) is 13.8 Å². The summed E-state index contributed by atoms with van der Waals surface area (Å²) < 4.78 is 33.2. The summed E-state index contributed by atoms with van der Waals surface area (Å²) in [5.41, 5.74) is 8.92. The van der Waals surface area contributed by atoms with Gasteiger partial charge >= 0.3 is 16.3 Å². The van der Waals surface area contributed by atoms with Gasteiger partial charge in [0.15, 0.2) is 0 Å². The van der Waals surface area contributed by atoms with E-state index in [0.717, 1.165) is 34.0 Å². The summed E-state index contributed by atoms with van der Waals surface area (Å²) in [6.07, 6.45) is 1.72. The highest BCUT2D eigenvalue weighted by Crippen LogP contribution is 2.13. The molecule has 0 unspecified atom stereocenters. The lowest BCUT2D eigenvalue weighted by atomic mass is 10.1. The zero-order valence-corrected chi connectivity index (χ0v) is 17.6. The number of benzene rings is 1. The number of carbonyl (C=O) groups is 1. The van der Waals surface area contributed by atoms with Gasteiger partial charge in [0.2, 0.25) is 0 Å². The number of hydrogen-bond acceptors (Lipinski definition) is 7. The van der Waals surface area contributed by atoms with Crippen molar-refractivity contribution in [3.63, 3.8) is 0 Å². The molecule has 0 fully saturated rings. The fourth-order valence-electron chi connectivity index (χ4n) is 1.77. The number of alkyl halides is 1. The second-order valence-corrected chi connectivity index (χ2v) is 7.55. The molecule has 1 aromatic carbocycles. The first kappa shape index (κ1) is 25.6. The molecule has 156 valence electrons. The molecule has 0 saturated heterocycles. The Hall–Kier alpha value is -1.39. The molecule has 1 rings (SSSR count). The molecule has 10 heteroatoms. The van der Waals surface area contributed by atoms with Gasteiger partial charge in [-0.25, -0.2) is 4.79 Å². The maximum atomic E-state index is 11.6. The van der Waals surface area contributed by atoms with Crippen molar-refractivity contribution in [3.05, 3.63) is 29.3 Å². The van der Waals surface area contributed by atoms with Crippen molar-refractivity contribution in [2.75, 3.05) is 38.1 Å². The van der Waals surface area contributed by atoms with Crippen LogP contribution in [0.25, 0.3) is 0 Å². The number of halogens is 1. The number of aryl methyl sites for hydroxylation is 2. The number of carbonyl (C=O) groups excluding carboxylic acids is 1. The molecule has 0 amide bonds. The first-order valence-corrected chi connectivity index (χ1v) is 10.4. The maximum Gasteiger partial charge on any atom is 0.389 e. The third-order valence-electron chi connectivity index (χ3n) is 3.40. The lowest BCUT2D eigenvalue weighted by Crippen LogP contribution is -2.37. The number of nitrogens with two attached hydrogens (primary N) is 1. The maximum absolute atomic E-state index is 11.6. The van der Waals surface area contributed by atoms with Gasteiger partial charge in [0.25, 0.3) is 0 Å². The van der Waals surface area contributed by atoms with Crippen molar-refractivity contribution in [3.8, 4) is 0 Å². The minimum Gasteiger partial charge on any atom is -0.398 e. The van der Waals surface area contributed by atoms with Gasteiger partial charge in [0.05, 0.1) is 0 Å². The quantitative estimate of drug-likeness (QED) is 0.255. The minimum absolute atomic E-state index is 0.0348. The van der Waals surface area contributed by atoms with Crippen molar-refractivity contribution in [1.82, 2.24) is 4.31 Å². The summed E-state index contributed by atoms with van der Waals surface area (Å²) in [4.78, 5) is 10.8. The summed E-state index contributed by atoms with van der Waals surface area (Å²) in [5, 5.41) is 8.44. The van der Waals surface area contributed by atoms with Crippen molar-refractivity contribution >= 4 is 33.6 Å². The van der Waals surface area contributed by atoms with E-state index in [2.05, 4.69) is 4.18 Å². The second kappa shape index (κ2) is 13.7. The molecule has 27 heavy (non-hydrogen) atoms. The van der Waals surface area contributed by atoms with Gasteiger partial charge in [0.1, 0.15) is 13.3 Å². The molecule has 0 atom stereocenters. The number of nitrogens with zero attached hydrogens (tertiary/aromatic N) is 1. The molecule has 0 saturated carbocycles. The molecule has 3 N–H and O–H groups in total. The zero-order valence-electron chi connectivity index (χ0n) is 16.0. The van der Waals surface area contributed by atoms with Gasteiger partial charge in [-0.1, -0.05) is 31.5 Å². The molecule has 0 bridgehead atoms. The Kier molecular flexibility index (Phi) is 13.0. The summed E-state index contributed by atoms with van der Waals surface area (Å²) in [6.45, 7) is 5.11. The standard InChI is InChI=1S/C9H18ClNO6S.C8H11N/c1-2-3-6-16-8-11(5-4-10)18(14,15)17-9(13)7-12;1-6-4-3-5-7(2)8(6)9/h12H,2-8H2,1H3;3-5H,9H2,1-2H3. The molecule has 0 heterocycles. The number of hydrogen-bond donors (Lipinski definition) is 2. The van der Waals surface area contributed by atoms with Gasteiger partial charge in [-0.2, -0.15) is 8.42 Å². The second-order valence-electron chi connectivity index (χ2n) is 5.63. The van der Waals surface area contributed by atoms with Crippen LogP contribution in [0.5, 0.6) is 0 Å². The summed E-state index contributed by atoms with van der Waals surface area (Å²) in [7, 11) is -4.27. The van der Waals surface area contributed by atoms with E-state index in [1.165, 1.54) is 0 Å². The van der Waals surface area contributed by atoms with Crippen LogP contribution in [0.2, 0.25) is 0 Å². The topological polar surface area (TPSA) is 119 Å². The first-order valence-electron chi connectivity index (χ1n) is 8.48. The molecule has 0 aliphatic rings. The van der Waals surface area contributed by atoms with Crippen LogP contribution in [-0.2, 0) is 24.0 Å². The smallest absolute Gasteiger partial charge is 0.389 e. The SMILES string of the molecule is CCCCOCN(CCCl)S(=O)(=O)OC(=O)CO.Cc1cccc(C)c1N. The molecule has 0 aliphatic heterocycles. The largest absolute Gasteiger partial charge is 0.398 e. The number of unbranched alkanes of at least 4 members (excludes halogenated alkanes) is 1. The highest BCUT2D eigenvalue weighted by molar-refractivity contribution is 7.84. The zero-order chi connectivity index (χ0) is 20.9. The summed E-state index contributed by atoms with van der Waals surface area (Å²) in [6, 6.07) is 6.05. The van der Waals surface area contributed by atoms with Crippen LogP contribution in [0.1, 0.15) is 30.9 Å². The highest BCUT2D eigenvalue weighted by Gasteiger charge is 2.26. The number of aliphatic hydroxyl groups is 1. The number of rotatable bonds is 10. The minimum atomic E-state index is -4.27. The third kappa shape index (κ3) is 10.5. The van der Waals surface area contributed by atoms with E-state index in [0.29, 0.717) is 6.61 Å². The number of para-hydroxylation sites is 1. The first-order chi connectivity index (χ1) is 12.7. The van der Waals surface area contributed by atoms with Crippen LogP contribution in [0.3, 0.4) is 0 Å². The molecule has 0 radical (unpaired) electrons. The van der Waals surface area contributed by atoms with Crippen molar-refractivity contribution in [1.29, 1.82) is 0 Å². The molecular formula is C17H29ClN2O6S. The fraction of sp³-hybridized carbons (Fsp3) is 0.588. The summed E-state index contributed by atoms with van der Waals surface area (Å²) >= 11 is 5.46. The number of ether oxygens (including phenoxy) is 1. The van der Waals surface area contributed by atoms with E-state index in [1.807, 2.05) is 39.0 Å². The monoisotopic (exact) mass is 424 g/mol. The van der Waals surface area contributed by atoms with E-state index in [4.69, 9.17) is 27.2 Å². The van der Waals surface area contributed by atoms with Crippen LogP contribution < -0.4 is 5.73 Å². The van der Waals surface area contributed by atoms with Gasteiger partial charge < -0.3 is 19.8 Å². The normalized spacial score (nSPS) is 11.0. The van der Waals surface area contributed by atoms with Gasteiger partial charge in [-0.3, -0.25) is 0 Å². The Morgan fingerprint density at radius 2 is 1.89 bits per heavy atom. The third-order valence-corrected chi connectivity index (χ3v) is 4.88. The van der Waals surface area contributed by atoms with Crippen LogP contribution in [0.4, 0.5) is 5.69 Å². The van der Waals surface area contributed by atoms with Crippen molar-refractivity contribution < 1.29 is 27.2 Å². The molecule has 0 aromatic heterocycles. The van der Waals surface area contributed by atoms with Crippen LogP contribution >= 0.6 is 11.6 Å². The van der Waals surface area contributed by atoms with Crippen LogP contribution in [-0.4, -0.2) is 56.2 Å².